The van der Waals surface area contributed by atoms with Crippen molar-refractivity contribution in [1.29, 1.82) is 5.26 Å². The zero-order chi connectivity index (χ0) is 26.7. The van der Waals surface area contributed by atoms with Gasteiger partial charge < -0.3 is 21.1 Å². The first-order valence-corrected chi connectivity index (χ1v) is 12.2. The Morgan fingerprint density at radius 1 is 1.27 bits per heavy atom. The van der Waals surface area contributed by atoms with Crippen LogP contribution in [0.5, 0.6) is 0 Å². The number of halogens is 1. The van der Waals surface area contributed by atoms with Crippen molar-refractivity contribution in [3.05, 3.63) is 47.8 Å². The van der Waals surface area contributed by atoms with Crippen LogP contribution >= 0.6 is 0 Å². The quantitative estimate of drug-likeness (QED) is 0.348. The number of carbonyl (C=O) groups is 2. The van der Waals surface area contributed by atoms with Gasteiger partial charge in [0.05, 0.1) is 52.1 Å². The molecule has 0 unspecified atom stereocenters. The fourth-order valence-electron chi connectivity index (χ4n) is 4.08. The number of hydrogen-bond donors (Lipinski definition) is 4. The summed E-state index contributed by atoms with van der Waals surface area (Å²) in [6.07, 6.45) is 3.05. The molecular formula is C26H30FN7O3. The summed E-state index contributed by atoms with van der Waals surface area (Å²) in [4.78, 5) is 29.1. The number of nitrogens with one attached hydrogen (secondary N) is 3. The first-order chi connectivity index (χ1) is 17.6. The Bertz CT molecular complexity index is 1350. The van der Waals surface area contributed by atoms with Gasteiger partial charge in [-0.05, 0) is 51.0 Å². The van der Waals surface area contributed by atoms with Crippen molar-refractivity contribution in [2.45, 2.75) is 63.9 Å². The maximum atomic E-state index is 14.2. The van der Waals surface area contributed by atoms with Gasteiger partial charge in [0, 0.05) is 24.7 Å². The number of aliphatic hydroxyl groups is 1. The van der Waals surface area contributed by atoms with E-state index in [1.165, 1.54) is 26.2 Å². The summed E-state index contributed by atoms with van der Waals surface area (Å²) in [6, 6.07) is 9.25. The number of anilines is 1. The summed E-state index contributed by atoms with van der Waals surface area (Å²) in [7, 11) is 0. The lowest BCUT2D eigenvalue weighted by atomic mass is 9.86. The average Bonchev–Trinajstić information content (AvgIpc) is 3.28. The summed E-state index contributed by atoms with van der Waals surface area (Å²) in [6.45, 7) is 4.13. The van der Waals surface area contributed by atoms with E-state index in [9.17, 15) is 19.1 Å². The molecule has 1 aliphatic rings. The van der Waals surface area contributed by atoms with Crippen molar-refractivity contribution in [1.82, 2.24) is 25.2 Å². The molecule has 3 aromatic rings. The summed E-state index contributed by atoms with van der Waals surface area (Å²) in [5.74, 6) is -0.533. The van der Waals surface area contributed by atoms with Crippen molar-refractivity contribution >= 4 is 23.0 Å². The molecule has 4 N–H and O–H groups in total. The molecule has 194 valence electrons. The minimum atomic E-state index is -1.65. The second kappa shape index (κ2) is 10.5. The van der Waals surface area contributed by atoms with Gasteiger partial charge in [0.25, 0.3) is 5.91 Å². The lowest BCUT2D eigenvalue weighted by molar-refractivity contribution is -0.122. The molecule has 10 nitrogen and oxygen atoms in total. The van der Waals surface area contributed by atoms with Crippen molar-refractivity contribution in [2.75, 3.05) is 11.9 Å². The average molecular weight is 508 g/mol. The lowest BCUT2D eigenvalue weighted by Gasteiger charge is -2.37. The highest BCUT2D eigenvalue weighted by Gasteiger charge is 2.31. The predicted octanol–water partition coefficient (Wildman–Crippen LogP) is 2.58. The van der Waals surface area contributed by atoms with E-state index in [1.807, 2.05) is 12.1 Å². The van der Waals surface area contributed by atoms with E-state index in [-0.39, 0.29) is 30.1 Å². The zero-order valence-corrected chi connectivity index (χ0v) is 21.0. The highest BCUT2D eigenvalue weighted by Crippen LogP contribution is 2.30. The molecule has 4 rings (SSSR count). The Kier molecular flexibility index (Phi) is 7.40. The van der Waals surface area contributed by atoms with Crippen molar-refractivity contribution < 1.29 is 19.1 Å². The number of hydrogen-bond acceptors (Lipinski definition) is 7. The van der Waals surface area contributed by atoms with Gasteiger partial charge in [-0.15, -0.1) is 0 Å². The van der Waals surface area contributed by atoms with Crippen LogP contribution in [0.25, 0.3) is 16.9 Å². The number of carbonyl (C=O) groups excluding carboxylic acids is 2. The summed E-state index contributed by atoms with van der Waals surface area (Å²) in [5, 5.41) is 32.2. The third-order valence-electron chi connectivity index (χ3n) is 6.43. The molecule has 1 saturated carbocycles. The molecule has 37 heavy (non-hydrogen) atoms. The van der Waals surface area contributed by atoms with Gasteiger partial charge in [-0.1, -0.05) is 6.92 Å². The van der Waals surface area contributed by atoms with E-state index in [1.54, 1.807) is 23.6 Å². The van der Waals surface area contributed by atoms with Gasteiger partial charge in [-0.3, -0.25) is 14.6 Å². The van der Waals surface area contributed by atoms with Gasteiger partial charge >= 0.3 is 0 Å². The molecule has 3 aromatic heterocycles. The normalized spacial score (nSPS) is 17.9. The topological polar surface area (TPSA) is 144 Å². The van der Waals surface area contributed by atoms with Gasteiger partial charge in [0.2, 0.25) is 5.91 Å². The van der Waals surface area contributed by atoms with Crippen LogP contribution in [0.15, 0.2) is 36.7 Å². The van der Waals surface area contributed by atoms with Crippen molar-refractivity contribution in [2.24, 2.45) is 0 Å². The van der Waals surface area contributed by atoms with Gasteiger partial charge in [0.15, 0.2) is 0 Å². The van der Waals surface area contributed by atoms with Crippen LogP contribution in [-0.2, 0) is 4.79 Å². The Balaban J connectivity index is 1.59. The Morgan fingerprint density at radius 2 is 2.03 bits per heavy atom. The third-order valence-corrected chi connectivity index (χ3v) is 6.43. The first kappa shape index (κ1) is 26.0. The fraction of sp³-hybridized carbons (Fsp3) is 0.423. The third kappa shape index (κ3) is 5.86. The molecule has 1 fully saturated rings. The molecule has 1 aliphatic carbocycles. The Morgan fingerprint density at radius 3 is 2.70 bits per heavy atom. The summed E-state index contributed by atoms with van der Waals surface area (Å²) in [5.41, 5.74) is 1.53. The Hall–Kier alpha value is -4.04. The second-order valence-corrected chi connectivity index (χ2v) is 9.79. The fourth-order valence-corrected chi connectivity index (χ4v) is 4.08. The van der Waals surface area contributed by atoms with Crippen molar-refractivity contribution in [3.8, 4) is 17.5 Å². The molecule has 0 aliphatic heterocycles. The van der Waals surface area contributed by atoms with Gasteiger partial charge in [0.1, 0.15) is 12.2 Å². The van der Waals surface area contributed by atoms with Gasteiger partial charge in [-0.25, -0.2) is 8.91 Å². The monoisotopic (exact) mass is 507 g/mol. The van der Waals surface area contributed by atoms with E-state index in [0.29, 0.717) is 41.9 Å². The minimum Gasteiger partial charge on any atom is -0.387 e. The summed E-state index contributed by atoms with van der Waals surface area (Å²) >= 11 is 0. The number of alkyl halides is 1. The predicted molar refractivity (Wildman–Crippen MR) is 136 cm³/mol. The number of nitrogens with zero attached hydrogens (tertiary/aromatic N) is 4. The molecule has 0 bridgehead atoms. The lowest BCUT2D eigenvalue weighted by Crippen LogP contribution is -2.49. The molecule has 1 atom stereocenters. The van der Waals surface area contributed by atoms with E-state index >= 15 is 0 Å². The molecule has 0 spiro atoms. The Labute approximate surface area is 213 Å². The first-order valence-electron chi connectivity index (χ1n) is 12.2. The molecule has 3 heterocycles. The number of amides is 2. The van der Waals surface area contributed by atoms with Crippen LogP contribution in [0.4, 0.5) is 10.1 Å². The van der Waals surface area contributed by atoms with Crippen LogP contribution in [0, 0.1) is 11.3 Å². The van der Waals surface area contributed by atoms with Crippen molar-refractivity contribution in [3.63, 3.8) is 0 Å². The number of rotatable bonds is 9. The zero-order valence-electron chi connectivity index (χ0n) is 21.0. The number of nitriles is 1. The minimum absolute atomic E-state index is 0.00513. The van der Waals surface area contributed by atoms with Crippen LogP contribution in [0.3, 0.4) is 0 Å². The number of pyridine rings is 1. The number of aromatic nitrogens is 3. The molecule has 0 radical (unpaired) electrons. The van der Waals surface area contributed by atoms with E-state index in [0.717, 1.165) is 5.52 Å². The second-order valence-electron chi connectivity index (χ2n) is 9.79. The van der Waals surface area contributed by atoms with E-state index in [4.69, 9.17) is 5.26 Å². The molecule has 0 aromatic carbocycles. The summed E-state index contributed by atoms with van der Waals surface area (Å²) < 4.78 is 15.9. The smallest absolute Gasteiger partial charge is 0.255 e. The number of fused-ring (bicyclic) bond motifs is 1. The highest BCUT2D eigenvalue weighted by atomic mass is 19.1. The molecular weight excluding hydrogens is 477 g/mol. The van der Waals surface area contributed by atoms with Crippen LogP contribution < -0.4 is 16.0 Å². The van der Waals surface area contributed by atoms with Crippen LogP contribution in [-0.4, -0.2) is 61.9 Å². The standard InChI is InChI=1S/C26H30FN7O3/c1-4-24(35)33-17-8-16(9-17)32-20-10-21(22-6-5-18-7-15(11-28)12-31-34(18)22)29-13-19(20)25(36)30-14-23(27)26(2,3)37/h5-7,10,12-13,16-17,23,37H,4,8-9,14H2,1-3H3,(H,29,32)(H,30,36)(H,33,35)/t16?,17?,23-/m1/s1. The molecule has 0 saturated heterocycles. The highest BCUT2D eigenvalue weighted by molar-refractivity contribution is 6.00. The SMILES string of the molecule is CCC(=O)NC1CC(Nc2cc(-c3ccc4cc(C#N)cnn34)ncc2C(=O)NC[C@@H](F)C(C)(C)O)C1. The molecule has 2 amide bonds. The van der Waals surface area contributed by atoms with E-state index < -0.39 is 17.7 Å². The maximum Gasteiger partial charge on any atom is 0.255 e. The largest absolute Gasteiger partial charge is 0.387 e. The maximum absolute atomic E-state index is 14.2. The molecule has 11 heteroatoms. The van der Waals surface area contributed by atoms with Crippen LogP contribution in [0.2, 0.25) is 0 Å². The van der Waals surface area contributed by atoms with Crippen LogP contribution in [0.1, 0.15) is 56.0 Å². The van der Waals surface area contributed by atoms with E-state index in [2.05, 4.69) is 32.1 Å². The van der Waals surface area contributed by atoms with Gasteiger partial charge in [-0.2, -0.15) is 10.4 Å².